The lowest BCUT2D eigenvalue weighted by atomic mass is 9.88. The van der Waals surface area contributed by atoms with Gasteiger partial charge in [-0.3, -0.25) is 0 Å². The topological polar surface area (TPSA) is 73.3 Å². The molecule has 0 fully saturated rings. The maximum Gasteiger partial charge on any atom is 0.219 e. The van der Waals surface area contributed by atoms with Crippen LogP contribution in [-0.4, -0.2) is 28.5 Å². The Morgan fingerprint density at radius 1 is 1.24 bits per heavy atom. The zero-order valence-electron chi connectivity index (χ0n) is 13.1. The molecule has 2 rings (SSSR count). The van der Waals surface area contributed by atoms with Crippen LogP contribution in [0.4, 0.5) is 0 Å². The Kier molecular flexibility index (Phi) is 4.23. The first kappa shape index (κ1) is 15.4. The van der Waals surface area contributed by atoms with Crippen molar-refractivity contribution >= 4 is 0 Å². The quantitative estimate of drug-likeness (QED) is 0.906. The van der Waals surface area contributed by atoms with Gasteiger partial charge in [-0.2, -0.15) is 5.10 Å². The average Bonchev–Trinajstić information content (AvgIpc) is 2.78. The van der Waals surface area contributed by atoms with Gasteiger partial charge in [-0.1, -0.05) is 20.8 Å². The molecule has 114 valence electrons. The fourth-order valence-electron chi connectivity index (χ4n) is 2.39. The zero-order valence-corrected chi connectivity index (χ0v) is 13.1. The molecule has 0 spiro atoms. The van der Waals surface area contributed by atoms with E-state index < -0.39 is 0 Å². The first-order chi connectivity index (χ1) is 9.88. The maximum atomic E-state index is 9.43. The predicted molar refractivity (Wildman–Crippen MR) is 83.2 cm³/mol. The molecular weight excluding hydrogens is 266 g/mol. The summed E-state index contributed by atoms with van der Waals surface area (Å²) < 4.78 is 7.34. The number of aromatic nitrogens is 2. The van der Waals surface area contributed by atoms with Crippen LogP contribution in [0.5, 0.6) is 11.6 Å². The van der Waals surface area contributed by atoms with E-state index in [1.165, 1.54) is 0 Å². The fraction of sp³-hybridized carbons (Fsp3) is 0.438. The molecule has 21 heavy (non-hydrogen) atoms. The number of phenolic OH excluding ortho intramolecular Hbond substituents is 1. The summed E-state index contributed by atoms with van der Waals surface area (Å²) in [6.45, 7) is 6.91. The highest BCUT2D eigenvalue weighted by Crippen LogP contribution is 2.33. The first-order valence-corrected chi connectivity index (χ1v) is 7.04. The molecule has 0 saturated heterocycles. The minimum absolute atomic E-state index is 0.0973. The molecule has 0 aliphatic carbocycles. The van der Waals surface area contributed by atoms with Gasteiger partial charge in [0.1, 0.15) is 5.75 Å². The molecule has 0 radical (unpaired) electrons. The summed E-state index contributed by atoms with van der Waals surface area (Å²) in [7, 11) is 1.64. The number of ether oxygens (including phenoxy) is 1. The van der Waals surface area contributed by atoms with E-state index in [0.29, 0.717) is 18.8 Å². The number of hydrogen-bond donors (Lipinski definition) is 2. The lowest BCUT2D eigenvalue weighted by Gasteiger charge is -2.17. The van der Waals surface area contributed by atoms with Gasteiger partial charge in [-0.25, -0.2) is 4.68 Å². The maximum absolute atomic E-state index is 9.43. The monoisotopic (exact) mass is 289 g/mol. The Balaban J connectivity index is 2.63. The molecule has 0 saturated carbocycles. The minimum atomic E-state index is -0.0973. The van der Waals surface area contributed by atoms with Gasteiger partial charge in [-0.05, 0) is 37.2 Å². The Labute approximate surface area is 125 Å². The summed E-state index contributed by atoms with van der Waals surface area (Å²) in [4.78, 5) is 0. The van der Waals surface area contributed by atoms with Crippen LogP contribution in [0.1, 0.15) is 32.0 Å². The van der Waals surface area contributed by atoms with Crippen molar-refractivity contribution in [1.29, 1.82) is 0 Å². The molecule has 0 atom stereocenters. The molecule has 0 aliphatic rings. The Hall–Kier alpha value is -2.01. The van der Waals surface area contributed by atoms with Crippen molar-refractivity contribution < 1.29 is 9.84 Å². The summed E-state index contributed by atoms with van der Waals surface area (Å²) in [5.41, 5.74) is 8.51. The van der Waals surface area contributed by atoms with Crippen molar-refractivity contribution in [2.75, 3.05) is 13.7 Å². The van der Waals surface area contributed by atoms with Crippen molar-refractivity contribution in [3.8, 4) is 17.3 Å². The van der Waals surface area contributed by atoms with Crippen LogP contribution in [0.2, 0.25) is 0 Å². The molecule has 0 amide bonds. The van der Waals surface area contributed by atoms with Gasteiger partial charge in [0.05, 0.1) is 18.5 Å². The van der Waals surface area contributed by atoms with Crippen LogP contribution < -0.4 is 10.5 Å². The van der Waals surface area contributed by atoms with E-state index in [9.17, 15) is 5.11 Å². The molecule has 2 aromatic rings. The molecule has 0 aliphatic heterocycles. The number of aromatic hydroxyl groups is 1. The van der Waals surface area contributed by atoms with E-state index in [-0.39, 0.29) is 11.2 Å². The third-order valence-corrected chi connectivity index (χ3v) is 3.33. The molecule has 1 aromatic carbocycles. The fourth-order valence-corrected chi connectivity index (χ4v) is 2.39. The predicted octanol–water partition coefficient (Wildman–Crippen LogP) is 2.39. The van der Waals surface area contributed by atoms with Crippen molar-refractivity contribution in [3.63, 3.8) is 0 Å². The van der Waals surface area contributed by atoms with Crippen LogP contribution in [0.25, 0.3) is 5.69 Å². The number of nitrogens with two attached hydrogens (primary N) is 1. The van der Waals surface area contributed by atoms with Gasteiger partial charge in [0.15, 0.2) is 0 Å². The van der Waals surface area contributed by atoms with Gasteiger partial charge in [0, 0.05) is 11.0 Å². The van der Waals surface area contributed by atoms with Crippen LogP contribution in [-0.2, 0) is 11.8 Å². The van der Waals surface area contributed by atoms with Crippen molar-refractivity contribution in [2.24, 2.45) is 5.73 Å². The number of methoxy groups -OCH3 is 1. The molecule has 0 unspecified atom stereocenters. The highest BCUT2D eigenvalue weighted by atomic mass is 16.5. The number of hydrogen-bond acceptors (Lipinski definition) is 4. The Morgan fingerprint density at radius 2 is 1.86 bits per heavy atom. The molecule has 1 aromatic heterocycles. The number of phenols is 1. The number of nitrogens with zero attached hydrogens (tertiary/aromatic N) is 2. The summed E-state index contributed by atoms with van der Waals surface area (Å²) in [5.74, 6) is 0.930. The third kappa shape index (κ3) is 3.03. The molecule has 5 heteroatoms. The average molecular weight is 289 g/mol. The smallest absolute Gasteiger partial charge is 0.219 e. The minimum Gasteiger partial charge on any atom is -0.508 e. The third-order valence-electron chi connectivity index (χ3n) is 3.33. The Morgan fingerprint density at radius 3 is 2.33 bits per heavy atom. The van der Waals surface area contributed by atoms with E-state index in [1.807, 2.05) is 12.1 Å². The lowest BCUT2D eigenvalue weighted by molar-refractivity contribution is 0.379. The van der Waals surface area contributed by atoms with Gasteiger partial charge in [0.2, 0.25) is 5.88 Å². The van der Waals surface area contributed by atoms with Crippen LogP contribution in [0.15, 0.2) is 24.3 Å². The second-order valence-corrected chi connectivity index (χ2v) is 6.05. The summed E-state index contributed by atoms with van der Waals surface area (Å²) in [6.07, 6.45) is 0.716. The first-order valence-electron chi connectivity index (χ1n) is 7.04. The molecule has 3 N–H and O–H groups in total. The standard InChI is InChI=1S/C16H23N3O2/c1-16(2,3)14-13(9-10-17)15(21-4)19(18-14)11-5-7-12(20)8-6-11/h5-8,20H,9-10,17H2,1-4H3. The highest BCUT2D eigenvalue weighted by molar-refractivity contribution is 5.45. The highest BCUT2D eigenvalue weighted by Gasteiger charge is 2.27. The summed E-state index contributed by atoms with van der Waals surface area (Å²) >= 11 is 0. The van der Waals surface area contributed by atoms with Gasteiger partial charge in [0.25, 0.3) is 0 Å². The zero-order chi connectivity index (χ0) is 15.6. The lowest BCUT2D eigenvalue weighted by Crippen LogP contribution is -2.16. The molecule has 1 heterocycles. The molecule has 0 bridgehead atoms. The SMILES string of the molecule is COc1c(CCN)c(C(C)(C)C)nn1-c1ccc(O)cc1. The van der Waals surface area contributed by atoms with Crippen LogP contribution in [0, 0.1) is 0 Å². The second-order valence-electron chi connectivity index (χ2n) is 6.05. The van der Waals surface area contributed by atoms with Crippen LogP contribution in [0.3, 0.4) is 0 Å². The number of benzene rings is 1. The largest absolute Gasteiger partial charge is 0.508 e. The van der Waals surface area contributed by atoms with Crippen LogP contribution >= 0.6 is 0 Å². The van der Waals surface area contributed by atoms with Gasteiger partial charge in [-0.15, -0.1) is 0 Å². The van der Waals surface area contributed by atoms with Crippen molar-refractivity contribution in [3.05, 3.63) is 35.5 Å². The van der Waals surface area contributed by atoms with Gasteiger partial charge < -0.3 is 15.6 Å². The van der Waals surface area contributed by atoms with E-state index in [1.54, 1.807) is 23.9 Å². The second kappa shape index (κ2) is 5.77. The molecule has 5 nitrogen and oxygen atoms in total. The van der Waals surface area contributed by atoms with E-state index in [4.69, 9.17) is 15.6 Å². The molecular formula is C16H23N3O2. The number of rotatable bonds is 4. The Bertz CT molecular complexity index is 610. The van der Waals surface area contributed by atoms with E-state index >= 15 is 0 Å². The van der Waals surface area contributed by atoms with Gasteiger partial charge >= 0.3 is 0 Å². The summed E-state index contributed by atoms with van der Waals surface area (Å²) in [5, 5.41) is 14.2. The van der Waals surface area contributed by atoms with Crippen molar-refractivity contribution in [1.82, 2.24) is 9.78 Å². The van der Waals surface area contributed by atoms with Crippen molar-refractivity contribution in [2.45, 2.75) is 32.6 Å². The van der Waals surface area contributed by atoms with E-state index in [2.05, 4.69) is 20.8 Å². The summed E-state index contributed by atoms with van der Waals surface area (Å²) in [6, 6.07) is 6.89. The van der Waals surface area contributed by atoms with E-state index in [0.717, 1.165) is 16.9 Å². The normalized spacial score (nSPS) is 11.7.